The second kappa shape index (κ2) is 8.48. The number of hydrogen-bond donors (Lipinski definition) is 2. The lowest BCUT2D eigenvalue weighted by atomic mass is 9.82. The lowest BCUT2D eigenvalue weighted by molar-refractivity contribution is -0.124. The number of benzene rings is 1. The van der Waals surface area contributed by atoms with Crippen molar-refractivity contribution in [3.8, 4) is 6.07 Å². The number of hydrogen-bond acceptors (Lipinski definition) is 4. The highest BCUT2D eigenvalue weighted by Crippen LogP contribution is 2.29. The Kier molecular flexibility index (Phi) is 6.08. The van der Waals surface area contributed by atoms with Gasteiger partial charge in [-0.1, -0.05) is 55.7 Å². The van der Waals surface area contributed by atoms with Crippen LogP contribution < -0.4 is 10.6 Å². The molecule has 2 N–H and O–H groups in total. The fourth-order valence-electron chi connectivity index (χ4n) is 3.53. The van der Waals surface area contributed by atoms with Crippen LogP contribution in [0.15, 0.2) is 47.8 Å². The minimum Gasteiger partial charge on any atom is -0.336 e. The predicted octanol–water partition coefficient (Wildman–Crippen LogP) is 4.16. The lowest BCUT2D eigenvalue weighted by Crippen LogP contribution is -2.54. The van der Waals surface area contributed by atoms with Crippen LogP contribution in [0.1, 0.15) is 55.5 Å². The predicted molar refractivity (Wildman–Crippen MR) is 105 cm³/mol. The van der Waals surface area contributed by atoms with E-state index in [9.17, 15) is 10.1 Å². The van der Waals surface area contributed by atoms with Crippen LogP contribution >= 0.6 is 11.3 Å². The highest BCUT2D eigenvalue weighted by Gasteiger charge is 2.35. The molecule has 3 rings (SSSR count). The van der Waals surface area contributed by atoms with E-state index in [1.165, 1.54) is 4.88 Å². The van der Waals surface area contributed by atoms with Gasteiger partial charge in [0.05, 0.1) is 18.2 Å². The van der Waals surface area contributed by atoms with Gasteiger partial charge in [0.15, 0.2) is 0 Å². The third-order valence-electron chi connectivity index (χ3n) is 5.05. The molecule has 4 nitrogen and oxygen atoms in total. The molecule has 136 valence electrons. The van der Waals surface area contributed by atoms with Gasteiger partial charge in [-0.25, -0.2) is 0 Å². The Bertz CT molecular complexity index is 745. The number of nitriles is 1. The quantitative estimate of drug-likeness (QED) is 0.806. The Balaban J connectivity index is 1.72. The van der Waals surface area contributed by atoms with Crippen LogP contribution in [0.4, 0.5) is 0 Å². The van der Waals surface area contributed by atoms with Crippen molar-refractivity contribution in [2.24, 2.45) is 0 Å². The Hall–Kier alpha value is -2.16. The average molecular weight is 368 g/mol. The molecule has 1 aliphatic carbocycles. The van der Waals surface area contributed by atoms with Gasteiger partial charge in [0.25, 0.3) is 0 Å². The minimum absolute atomic E-state index is 0.0404. The van der Waals surface area contributed by atoms with Crippen LogP contribution in [0, 0.1) is 11.3 Å². The summed E-state index contributed by atoms with van der Waals surface area (Å²) in [6.45, 7) is 1.87. The van der Waals surface area contributed by atoms with E-state index in [-0.39, 0.29) is 11.9 Å². The largest absolute Gasteiger partial charge is 0.336 e. The third kappa shape index (κ3) is 4.32. The van der Waals surface area contributed by atoms with Crippen LogP contribution in [0.2, 0.25) is 0 Å². The molecular weight excluding hydrogens is 342 g/mol. The van der Waals surface area contributed by atoms with E-state index >= 15 is 0 Å². The molecular formula is C21H25N3OS. The van der Waals surface area contributed by atoms with Crippen LogP contribution in [0.3, 0.4) is 0 Å². The first-order valence-electron chi connectivity index (χ1n) is 9.21. The lowest BCUT2D eigenvalue weighted by Gasteiger charge is -2.33. The summed E-state index contributed by atoms with van der Waals surface area (Å²) < 4.78 is 0. The number of carbonyl (C=O) groups excluding carboxylic acids is 1. The average Bonchev–Trinajstić information content (AvgIpc) is 3.21. The third-order valence-corrected chi connectivity index (χ3v) is 5.99. The van der Waals surface area contributed by atoms with Crippen molar-refractivity contribution in [2.45, 2.75) is 56.7 Å². The second-order valence-corrected chi connectivity index (χ2v) is 7.97. The van der Waals surface area contributed by atoms with Crippen molar-refractivity contribution in [3.63, 3.8) is 0 Å². The zero-order chi connectivity index (χ0) is 18.4. The van der Waals surface area contributed by atoms with Crippen LogP contribution in [0.5, 0.6) is 0 Å². The Labute approximate surface area is 159 Å². The van der Waals surface area contributed by atoms with E-state index in [1.807, 2.05) is 36.6 Å². The summed E-state index contributed by atoms with van der Waals surface area (Å²) in [5.74, 6) is -0.106. The first kappa shape index (κ1) is 18.6. The first-order chi connectivity index (χ1) is 12.6. The van der Waals surface area contributed by atoms with Gasteiger partial charge in [-0.2, -0.15) is 5.26 Å². The minimum atomic E-state index is -0.698. The molecule has 0 aliphatic heterocycles. The zero-order valence-corrected chi connectivity index (χ0v) is 15.9. The summed E-state index contributed by atoms with van der Waals surface area (Å²) in [5, 5.41) is 18.1. The molecule has 1 amide bonds. The number of thiophene rings is 1. The molecule has 0 spiro atoms. The van der Waals surface area contributed by atoms with Gasteiger partial charge in [-0.05, 0) is 36.8 Å². The molecule has 2 atom stereocenters. The van der Waals surface area contributed by atoms with Gasteiger partial charge in [0.2, 0.25) is 5.91 Å². The molecule has 26 heavy (non-hydrogen) atoms. The van der Waals surface area contributed by atoms with Crippen molar-refractivity contribution < 1.29 is 4.79 Å². The van der Waals surface area contributed by atoms with Gasteiger partial charge >= 0.3 is 0 Å². The molecule has 0 unspecified atom stereocenters. The molecule has 1 saturated carbocycles. The highest BCUT2D eigenvalue weighted by molar-refractivity contribution is 7.10. The van der Waals surface area contributed by atoms with E-state index in [0.29, 0.717) is 0 Å². The van der Waals surface area contributed by atoms with Crippen molar-refractivity contribution in [1.82, 2.24) is 10.6 Å². The van der Waals surface area contributed by atoms with E-state index in [0.717, 1.165) is 37.7 Å². The summed E-state index contributed by atoms with van der Waals surface area (Å²) in [4.78, 5) is 14.0. The van der Waals surface area contributed by atoms with Crippen LogP contribution in [-0.2, 0) is 4.79 Å². The van der Waals surface area contributed by atoms with E-state index in [2.05, 4.69) is 34.9 Å². The Morgan fingerprint density at radius 3 is 2.50 bits per heavy atom. The van der Waals surface area contributed by atoms with Gasteiger partial charge < -0.3 is 5.32 Å². The van der Waals surface area contributed by atoms with Gasteiger partial charge in [-0.3, -0.25) is 10.1 Å². The van der Waals surface area contributed by atoms with Gasteiger partial charge in [-0.15, -0.1) is 11.3 Å². The standard InChI is InChI=1S/C21H25N3OS/c1-16(20(25)24-21(15-22)12-6-3-7-13-21)23-19(18-11-8-14-26-18)17-9-4-2-5-10-17/h2,4-5,8-11,14,16,19,23H,3,6-7,12-13H2,1H3,(H,24,25)/t16-,19+/m0/s1. The number of rotatable bonds is 6. The van der Waals surface area contributed by atoms with Crippen molar-refractivity contribution in [1.29, 1.82) is 5.26 Å². The van der Waals surface area contributed by atoms with Gasteiger partial charge in [0, 0.05) is 4.88 Å². The first-order valence-corrected chi connectivity index (χ1v) is 10.1. The second-order valence-electron chi connectivity index (χ2n) is 6.99. The zero-order valence-electron chi connectivity index (χ0n) is 15.1. The van der Waals surface area contributed by atoms with E-state index in [1.54, 1.807) is 11.3 Å². The Morgan fingerprint density at radius 2 is 1.88 bits per heavy atom. The molecule has 1 aliphatic rings. The maximum Gasteiger partial charge on any atom is 0.238 e. The molecule has 1 heterocycles. The van der Waals surface area contributed by atoms with E-state index in [4.69, 9.17) is 0 Å². The number of carbonyl (C=O) groups is 1. The van der Waals surface area contributed by atoms with Gasteiger partial charge in [0.1, 0.15) is 5.54 Å². The molecule has 0 radical (unpaired) electrons. The molecule has 1 aromatic carbocycles. The molecule has 2 aromatic rings. The monoisotopic (exact) mass is 367 g/mol. The summed E-state index contributed by atoms with van der Waals surface area (Å²) in [6, 6.07) is 16.2. The summed E-state index contributed by atoms with van der Waals surface area (Å²) in [6.07, 6.45) is 4.63. The molecule has 0 saturated heterocycles. The molecule has 0 bridgehead atoms. The maximum absolute atomic E-state index is 12.8. The fraction of sp³-hybridized carbons (Fsp3) is 0.429. The van der Waals surface area contributed by atoms with Crippen molar-refractivity contribution >= 4 is 17.2 Å². The number of nitrogens with zero attached hydrogens (tertiary/aromatic N) is 1. The number of nitrogens with one attached hydrogen (secondary N) is 2. The SMILES string of the molecule is C[C@H](N[C@H](c1ccccc1)c1cccs1)C(=O)NC1(C#N)CCCCC1. The van der Waals surface area contributed by atoms with Crippen LogP contribution in [0.25, 0.3) is 0 Å². The fourth-order valence-corrected chi connectivity index (χ4v) is 4.35. The summed E-state index contributed by atoms with van der Waals surface area (Å²) in [5.41, 5.74) is 0.429. The summed E-state index contributed by atoms with van der Waals surface area (Å²) >= 11 is 1.67. The van der Waals surface area contributed by atoms with Crippen LogP contribution in [-0.4, -0.2) is 17.5 Å². The molecule has 1 aromatic heterocycles. The topological polar surface area (TPSA) is 64.9 Å². The van der Waals surface area contributed by atoms with Crippen molar-refractivity contribution in [3.05, 3.63) is 58.3 Å². The highest BCUT2D eigenvalue weighted by atomic mass is 32.1. The molecule has 5 heteroatoms. The Morgan fingerprint density at radius 1 is 1.15 bits per heavy atom. The van der Waals surface area contributed by atoms with E-state index < -0.39 is 11.6 Å². The number of amides is 1. The molecule has 1 fully saturated rings. The maximum atomic E-state index is 12.8. The summed E-state index contributed by atoms with van der Waals surface area (Å²) in [7, 11) is 0. The van der Waals surface area contributed by atoms with Crippen molar-refractivity contribution in [2.75, 3.05) is 0 Å². The smallest absolute Gasteiger partial charge is 0.238 e. The normalized spacial score (nSPS) is 18.5.